The minimum absolute atomic E-state index is 0.413. The van der Waals surface area contributed by atoms with E-state index in [9.17, 15) is 0 Å². The Kier molecular flexibility index (Phi) is 2.42. The second kappa shape index (κ2) is 3.89. The number of nitrogen functional groups attached to an aromatic ring is 1. The summed E-state index contributed by atoms with van der Waals surface area (Å²) in [7, 11) is 0. The number of nitrogens with one attached hydrogen (secondary N) is 2. The fourth-order valence-corrected chi connectivity index (χ4v) is 1.23. The number of nitrogens with zero attached hydrogens (tertiary/aromatic N) is 2. The molecule has 2 aromatic rings. The van der Waals surface area contributed by atoms with Gasteiger partial charge >= 0.3 is 0 Å². The molecule has 0 radical (unpaired) electrons. The molecule has 0 fully saturated rings. The van der Waals surface area contributed by atoms with Crippen LogP contribution in [0.25, 0.3) is 0 Å². The summed E-state index contributed by atoms with van der Waals surface area (Å²) in [4.78, 5) is 4.12. The van der Waals surface area contributed by atoms with Crippen molar-refractivity contribution in [3.8, 4) is 0 Å². The Morgan fingerprint density at radius 3 is 2.71 bits per heavy atom. The molecule has 5 nitrogen and oxygen atoms in total. The zero-order valence-electron chi connectivity index (χ0n) is 7.57. The number of hydrazine groups is 1. The summed E-state index contributed by atoms with van der Waals surface area (Å²) in [5.41, 5.74) is 3.57. The summed E-state index contributed by atoms with van der Waals surface area (Å²) >= 11 is 0. The molecule has 1 aromatic heterocycles. The lowest BCUT2D eigenvalue weighted by molar-refractivity contribution is 0.972. The van der Waals surface area contributed by atoms with Gasteiger partial charge in [0.1, 0.15) is 5.82 Å². The highest BCUT2D eigenvalue weighted by Crippen LogP contribution is 2.05. The van der Waals surface area contributed by atoms with Gasteiger partial charge in [-0.1, -0.05) is 30.3 Å². The molecule has 0 atom stereocenters. The zero-order valence-corrected chi connectivity index (χ0v) is 7.57. The fraction of sp³-hybridized carbons (Fsp3) is 0.111. The van der Waals surface area contributed by atoms with Crippen molar-refractivity contribution in [1.82, 2.24) is 15.2 Å². The van der Waals surface area contributed by atoms with E-state index in [1.54, 1.807) is 0 Å². The zero-order chi connectivity index (χ0) is 9.80. The molecular weight excluding hydrogens is 178 g/mol. The lowest BCUT2D eigenvalue weighted by Gasteiger charge is -1.95. The van der Waals surface area contributed by atoms with Gasteiger partial charge in [0, 0.05) is 6.42 Å². The van der Waals surface area contributed by atoms with Crippen LogP contribution in [0.5, 0.6) is 0 Å². The van der Waals surface area contributed by atoms with E-state index < -0.39 is 0 Å². The highest BCUT2D eigenvalue weighted by atomic mass is 15.4. The van der Waals surface area contributed by atoms with Crippen molar-refractivity contribution in [3.05, 3.63) is 41.7 Å². The Morgan fingerprint density at radius 2 is 2.07 bits per heavy atom. The van der Waals surface area contributed by atoms with Gasteiger partial charge in [-0.3, -0.25) is 10.5 Å². The fourth-order valence-electron chi connectivity index (χ4n) is 1.23. The maximum Gasteiger partial charge on any atom is 0.256 e. The molecule has 0 unspecified atom stereocenters. The highest BCUT2D eigenvalue weighted by molar-refractivity contribution is 5.23. The molecule has 0 saturated heterocycles. The Hall–Kier alpha value is -1.88. The Balaban J connectivity index is 2.11. The van der Waals surface area contributed by atoms with Crippen molar-refractivity contribution in [2.75, 3.05) is 5.43 Å². The van der Waals surface area contributed by atoms with Crippen molar-refractivity contribution < 1.29 is 0 Å². The van der Waals surface area contributed by atoms with Crippen LogP contribution in [0.2, 0.25) is 0 Å². The van der Waals surface area contributed by atoms with Crippen molar-refractivity contribution in [2.45, 2.75) is 6.42 Å². The van der Waals surface area contributed by atoms with Crippen LogP contribution in [0.4, 0.5) is 5.95 Å². The molecule has 0 amide bonds. The lowest BCUT2D eigenvalue weighted by Crippen LogP contribution is -2.08. The number of nitrogens with two attached hydrogens (primary N) is 1. The number of H-pyrrole nitrogens is 1. The first-order chi connectivity index (χ1) is 6.88. The molecule has 2 rings (SSSR count). The largest absolute Gasteiger partial charge is 0.291 e. The van der Waals surface area contributed by atoms with Gasteiger partial charge in [-0.25, -0.2) is 5.84 Å². The van der Waals surface area contributed by atoms with Crippen molar-refractivity contribution in [2.24, 2.45) is 5.84 Å². The molecule has 5 heteroatoms. The molecule has 0 spiro atoms. The number of anilines is 1. The summed E-state index contributed by atoms with van der Waals surface area (Å²) < 4.78 is 0. The van der Waals surface area contributed by atoms with E-state index in [1.165, 1.54) is 5.56 Å². The van der Waals surface area contributed by atoms with E-state index in [2.05, 4.69) is 20.6 Å². The average Bonchev–Trinajstić information content (AvgIpc) is 2.67. The second-order valence-electron chi connectivity index (χ2n) is 2.91. The second-order valence-corrected chi connectivity index (χ2v) is 2.91. The minimum Gasteiger partial charge on any atom is -0.291 e. The molecule has 0 aliphatic heterocycles. The third-order valence-electron chi connectivity index (χ3n) is 1.88. The van der Waals surface area contributed by atoms with Gasteiger partial charge in [0.2, 0.25) is 0 Å². The van der Waals surface area contributed by atoms with Crippen LogP contribution in [0.15, 0.2) is 30.3 Å². The summed E-state index contributed by atoms with van der Waals surface area (Å²) in [5, 5.41) is 6.66. The van der Waals surface area contributed by atoms with E-state index in [1.807, 2.05) is 30.3 Å². The summed E-state index contributed by atoms with van der Waals surface area (Å²) in [5.74, 6) is 6.37. The molecule has 0 aliphatic carbocycles. The monoisotopic (exact) mass is 189 g/mol. The predicted octanol–water partition coefficient (Wildman–Crippen LogP) is 0.681. The average molecular weight is 189 g/mol. The van der Waals surface area contributed by atoms with Gasteiger partial charge in [0.05, 0.1) is 0 Å². The van der Waals surface area contributed by atoms with Gasteiger partial charge in [0.15, 0.2) is 0 Å². The SMILES string of the molecule is NNc1n[nH]c(Cc2ccccc2)n1. The van der Waals surface area contributed by atoms with Gasteiger partial charge in [0.25, 0.3) is 5.95 Å². The summed E-state index contributed by atoms with van der Waals surface area (Å²) in [6.45, 7) is 0. The van der Waals surface area contributed by atoms with Gasteiger partial charge in [-0.05, 0) is 5.56 Å². The van der Waals surface area contributed by atoms with Crippen LogP contribution >= 0.6 is 0 Å². The highest BCUT2D eigenvalue weighted by Gasteiger charge is 2.01. The molecule has 0 saturated carbocycles. The molecule has 14 heavy (non-hydrogen) atoms. The Bertz CT molecular complexity index is 395. The first kappa shape index (κ1) is 8.71. The molecule has 1 aromatic carbocycles. The normalized spacial score (nSPS) is 10.1. The molecule has 0 aliphatic rings. The third kappa shape index (κ3) is 1.89. The number of aromatic nitrogens is 3. The van der Waals surface area contributed by atoms with Crippen LogP contribution in [-0.4, -0.2) is 15.2 Å². The van der Waals surface area contributed by atoms with E-state index in [-0.39, 0.29) is 0 Å². The lowest BCUT2D eigenvalue weighted by atomic mass is 10.1. The molecule has 4 N–H and O–H groups in total. The smallest absolute Gasteiger partial charge is 0.256 e. The topological polar surface area (TPSA) is 79.6 Å². The third-order valence-corrected chi connectivity index (χ3v) is 1.88. The summed E-state index contributed by atoms with van der Waals surface area (Å²) in [6, 6.07) is 10.1. The summed E-state index contributed by atoms with van der Waals surface area (Å²) in [6.07, 6.45) is 0.732. The number of hydrogen-bond acceptors (Lipinski definition) is 4. The number of hydrogen-bond donors (Lipinski definition) is 3. The van der Waals surface area contributed by atoms with Crippen LogP contribution in [-0.2, 0) is 6.42 Å². The standard InChI is InChI=1S/C9H11N5/c10-12-9-11-8(13-14-9)6-7-4-2-1-3-5-7/h1-5H,6,10H2,(H2,11,12,13,14). The molecule has 72 valence electrons. The van der Waals surface area contributed by atoms with Gasteiger partial charge in [-0.2, -0.15) is 4.98 Å². The first-order valence-corrected chi connectivity index (χ1v) is 4.30. The van der Waals surface area contributed by atoms with Gasteiger partial charge < -0.3 is 0 Å². The number of benzene rings is 1. The van der Waals surface area contributed by atoms with Crippen molar-refractivity contribution >= 4 is 5.95 Å². The Morgan fingerprint density at radius 1 is 1.29 bits per heavy atom. The van der Waals surface area contributed by atoms with Crippen LogP contribution in [0, 0.1) is 0 Å². The number of aromatic amines is 1. The molecule has 1 heterocycles. The molecular formula is C9H11N5. The number of rotatable bonds is 3. The van der Waals surface area contributed by atoms with Crippen LogP contribution in [0.1, 0.15) is 11.4 Å². The maximum absolute atomic E-state index is 5.16. The van der Waals surface area contributed by atoms with Crippen LogP contribution < -0.4 is 11.3 Å². The van der Waals surface area contributed by atoms with Crippen molar-refractivity contribution in [3.63, 3.8) is 0 Å². The van der Waals surface area contributed by atoms with E-state index in [4.69, 9.17) is 5.84 Å². The van der Waals surface area contributed by atoms with E-state index in [0.29, 0.717) is 5.95 Å². The Labute approximate surface area is 81.3 Å². The maximum atomic E-state index is 5.16. The van der Waals surface area contributed by atoms with E-state index in [0.717, 1.165) is 12.2 Å². The van der Waals surface area contributed by atoms with Crippen molar-refractivity contribution in [1.29, 1.82) is 0 Å². The van der Waals surface area contributed by atoms with Gasteiger partial charge in [-0.15, -0.1) is 5.10 Å². The first-order valence-electron chi connectivity index (χ1n) is 4.30. The predicted molar refractivity (Wildman–Crippen MR) is 53.4 cm³/mol. The minimum atomic E-state index is 0.413. The van der Waals surface area contributed by atoms with Crippen LogP contribution in [0.3, 0.4) is 0 Å². The van der Waals surface area contributed by atoms with E-state index >= 15 is 0 Å². The molecule has 0 bridgehead atoms. The quantitative estimate of drug-likeness (QED) is 0.490.